The monoisotopic (exact) mass is 319 g/mol. The third-order valence-corrected chi connectivity index (χ3v) is 3.33. The Kier molecular flexibility index (Phi) is 4.94. The van der Waals surface area contributed by atoms with Crippen LogP contribution in [-0.4, -0.2) is 22.6 Å². The largest absolute Gasteiger partial charge is 0.471 e. The smallest absolute Gasteiger partial charge is 0.356 e. The van der Waals surface area contributed by atoms with E-state index in [0.29, 0.717) is 12.8 Å². The highest BCUT2D eigenvalue weighted by molar-refractivity contribution is 7.07. The maximum Gasteiger partial charge on any atom is 0.471 e. The van der Waals surface area contributed by atoms with Crippen molar-refractivity contribution in [3.8, 4) is 0 Å². The maximum atomic E-state index is 12.2. The highest BCUT2D eigenvalue weighted by atomic mass is 32.1. The second-order valence-corrected chi connectivity index (χ2v) is 5.03. The first-order chi connectivity index (χ1) is 9.95. The first-order valence-corrected chi connectivity index (χ1v) is 7.07. The lowest BCUT2D eigenvalue weighted by molar-refractivity contribution is -0.159. The number of carbonyl (C=O) groups excluding carboxylic acids is 1. The Balaban J connectivity index is 1.69. The van der Waals surface area contributed by atoms with Crippen molar-refractivity contribution in [1.29, 1.82) is 0 Å². The lowest BCUT2D eigenvalue weighted by atomic mass is 10.2. The number of aromatic nitrogens is 2. The Hall–Kier alpha value is -1.90. The fourth-order valence-electron chi connectivity index (χ4n) is 1.57. The van der Waals surface area contributed by atoms with Gasteiger partial charge in [0.2, 0.25) is 5.91 Å². The van der Waals surface area contributed by atoms with Gasteiger partial charge < -0.3 is 9.84 Å². The van der Waals surface area contributed by atoms with E-state index < -0.39 is 12.1 Å². The highest BCUT2D eigenvalue weighted by Crippen LogP contribution is 2.27. The van der Waals surface area contributed by atoms with E-state index >= 15 is 0 Å². The number of thiophene rings is 1. The van der Waals surface area contributed by atoms with Crippen molar-refractivity contribution in [2.45, 2.75) is 25.4 Å². The summed E-state index contributed by atoms with van der Waals surface area (Å²) < 4.78 is 40.7. The SMILES string of the molecule is O=C(CCc1ccsc1)NCCc1noc(C(F)(F)F)n1. The normalized spacial score (nSPS) is 11.6. The summed E-state index contributed by atoms with van der Waals surface area (Å²) >= 11 is 1.56. The van der Waals surface area contributed by atoms with Gasteiger partial charge in [-0.15, -0.1) is 0 Å². The summed E-state index contributed by atoms with van der Waals surface area (Å²) in [6.45, 7) is 0.166. The summed E-state index contributed by atoms with van der Waals surface area (Å²) in [5, 5.41) is 9.71. The molecule has 0 aliphatic rings. The molecule has 1 N–H and O–H groups in total. The zero-order valence-corrected chi connectivity index (χ0v) is 11.6. The zero-order valence-electron chi connectivity index (χ0n) is 10.8. The lowest BCUT2D eigenvalue weighted by Gasteiger charge is -2.02. The van der Waals surface area contributed by atoms with Crippen LogP contribution in [0.1, 0.15) is 23.7 Å². The van der Waals surface area contributed by atoms with Gasteiger partial charge in [0.25, 0.3) is 0 Å². The summed E-state index contributed by atoms with van der Waals surface area (Å²) in [5.74, 6) is -1.62. The number of halogens is 3. The number of carbonyl (C=O) groups is 1. The highest BCUT2D eigenvalue weighted by Gasteiger charge is 2.38. The molecule has 21 heavy (non-hydrogen) atoms. The van der Waals surface area contributed by atoms with Crippen LogP contribution < -0.4 is 5.32 Å². The minimum atomic E-state index is -4.64. The van der Waals surface area contributed by atoms with Gasteiger partial charge in [-0.1, -0.05) is 5.16 Å². The molecule has 9 heteroatoms. The molecule has 2 aromatic heterocycles. The molecule has 0 aliphatic heterocycles. The van der Waals surface area contributed by atoms with Crippen LogP contribution in [0.25, 0.3) is 0 Å². The van der Waals surface area contributed by atoms with Crippen LogP contribution >= 0.6 is 11.3 Å². The summed E-state index contributed by atoms with van der Waals surface area (Å²) in [5.41, 5.74) is 1.09. The number of amides is 1. The molecule has 1 amide bonds. The molecule has 0 spiro atoms. The van der Waals surface area contributed by atoms with E-state index in [1.807, 2.05) is 16.8 Å². The van der Waals surface area contributed by atoms with E-state index in [0.717, 1.165) is 5.56 Å². The van der Waals surface area contributed by atoms with Gasteiger partial charge in [-0.05, 0) is 28.8 Å². The molecule has 0 aliphatic carbocycles. The Morgan fingerprint density at radius 1 is 1.38 bits per heavy atom. The van der Waals surface area contributed by atoms with E-state index in [4.69, 9.17) is 0 Å². The van der Waals surface area contributed by atoms with Crippen LogP contribution in [-0.2, 0) is 23.8 Å². The molecular formula is C12H12F3N3O2S. The van der Waals surface area contributed by atoms with E-state index in [-0.39, 0.29) is 24.7 Å². The number of hydrogen-bond donors (Lipinski definition) is 1. The molecule has 0 saturated carbocycles. The van der Waals surface area contributed by atoms with Crippen molar-refractivity contribution in [2.24, 2.45) is 0 Å². The quantitative estimate of drug-likeness (QED) is 0.888. The van der Waals surface area contributed by atoms with Gasteiger partial charge in [-0.25, -0.2) is 0 Å². The Bertz CT molecular complexity index is 581. The van der Waals surface area contributed by atoms with E-state index in [9.17, 15) is 18.0 Å². The second-order valence-electron chi connectivity index (χ2n) is 4.25. The summed E-state index contributed by atoms with van der Waals surface area (Å²) in [7, 11) is 0. The first kappa shape index (κ1) is 15.5. The van der Waals surface area contributed by atoms with E-state index in [1.54, 1.807) is 11.3 Å². The molecule has 0 saturated heterocycles. The van der Waals surface area contributed by atoms with E-state index in [2.05, 4.69) is 20.0 Å². The molecule has 0 bridgehead atoms. The molecule has 2 aromatic rings. The van der Waals surface area contributed by atoms with Gasteiger partial charge >= 0.3 is 12.1 Å². The number of hydrogen-bond acceptors (Lipinski definition) is 5. The molecule has 2 heterocycles. The number of nitrogens with one attached hydrogen (secondary N) is 1. The minimum absolute atomic E-state index is 0.0829. The zero-order chi connectivity index (χ0) is 15.3. The predicted octanol–water partition coefficient (Wildman–Crippen LogP) is 2.44. The maximum absolute atomic E-state index is 12.2. The second kappa shape index (κ2) is 6.70. The average molecular weight is 319 g/mol. The van der Waals surface area contributed by atoms with Gasteiger partial charge in [0.1, 0.15) is 0 Å². The van der Waals surface area contributed by atoms with Crippen LogP contribution in [0.2, 0.25) is 0 Å². The lowest BCUT2D eigenvalue weighted by Crippen LogP contribution is -2.26. The third-order valence-electron chi connectivity index (χ3n) is 2.60. The summed E-state index contributed by atoms with van der Waals surface area (Å²) in [6, 6.07) is 1.94. The Morgan fingerprint density at radius 3 is 2.81 bits per heavy atom. The molecule has 0 fully saturated rings. The van der Waals surface area contributed by atoms with Crippen molar-refractivity contribution in [2.75, 3.05) is 6.54 Å². The molecule has 0 unspecified atom stereocenters. The van der Waals surface area contributed by atoms with Gasteiger partial charge in [-0.3, -0.25) is 4.79 Å². The summed E-state index contributed by atoms with van der Waals surface area (Å²) in [4.78, 5) is 14.8. The van der Waals surface area contributed by atoms with Crippen LogP contribution in [0.15, 0.2) is 21.3 Å². The number of rotatable bonds is 6. The predicted molar refractivity (Wildman–Crippen MR) is 68.7 cm³/mol. The van der Waals surface area contributed by atoms with E-state index in [1.165, 1.54) is 0 Å². The van der Waals surface area contributed by atoms with Crippen LogP contribution in [0.3, 0.4) is 0 Å². The summed E-state index contributed by atoms with van der Waals surface area (Å²) in [6.07, 6.45) is -3.59. The van der Waals surface area contributed by atoms with Crippen molar-refractivity contribution >= 4 is 17.2 Å². The molecule has 2 rings (SSSR count). The third kappa shape index (κ3) is 4.85. The molecule has 5 nitrogen and oxygen atoms in total. The van der Waals surface area contributed by atoms with Gasteiger partial charge in [0, 0.05) is 19.4 Å². The minimum Gasteiger partial charge on any atom is -0.356 e. The van der Waals surface area contributed by atoms with Gasteiger partial charge in [0.15, 0.2) is 5.82 Å². The topological polar surface area (TPSA) is 68.0 Å². The first-order valence-electron chi connectivity index (χ1n) is 6.12. The number of aryl methyl sites for hydroxylation is 1. The van der Waals surface area contributed by atoms with Crippen molar-refractivity contribution in [1.82, 2.24) is 15.5 Å². The fourth-order valence-corrected chi connectivity index (χ4v) is 2.27. The molecule has 0 aromatic carbocycles. The standard InChI is InChI=1S/C12H12F3N3O2S/c13-12(14,15)11-17-9(18-20-11)3-5-16-10(19)2-1-8-4-6-21-7-8/h4,6-7H,1-3,5H2,(H,16,19). The fraction of sp³-hybridized carbons (Fsp3) is 0.417. The Morgan fingerprint density at radius 2 is 2.19 bits per heavy atom. The van der Waals surface area contributed by atoms with Gasteiger partial charge in [0.05, 0.1) is 0 Å². The molecule has 114 valence electrons. The van der Waals surface area contributed by atoms with Crippen LogP contribution in [0.4, 0.5) is 13.2 Å². The molecule has 0 atom stereocenters. The van der Waals surface area contributed by atoms with Crippen molar-refractivity contribution in [3.05, 3.63) is 34.1 Å². The molecular weight excluding hydrogens is 307 g/mol. The van der Waals surface area contributed by atoms with Gasteiger partial charge in [-0.2, -0.15) is 29.5 Å². The van der Waals surface area contributed by atoms with Crippen molar-refractivity contribution < 1.29 is 22.5 Å². The van der Waals surface area contributed by atoms with Crippen molar-refractivity contribution in [3.63, 3.8) is 0 Å². The average Bonchev–Trinajstić information content (AvgIpc) is 3.07. The molecule has 0 radical (unpaired) electrons. The van der Waals surface area contributed by atoms with Crippen LogP contribution in [0, 0.1) is 0 Å². The Labute approximate surface area is 122 Å². The van der Waals surface area contributed by atoms with Crippen LogP contribution in [0.5, 0.6) is 0 Å². The number of alkyl halides is 3. The number of nitrogens with zero attached hydrogens (tertiary/aromatic N) is 2.